The van der Waals surface area contributed by atoms with Gasteiger partial charge in [-0.3, -0.25) is 6.08 Å². The van der Waals surface area contributed by atoms with Crippen LogP contribution in [-0.2, 0) is 19.5 Å². The molecular weight excluding hydrogens is 317 g/mol. The predicted molar refractivity (Wildman–Crippen MR) is 72.3 cm³/mol. The van der Waals surface area contributed by atoms with Crippen LogP contribution in [0.5, 0.6) is 0 Å². The standard InChI is InChI=1S/C8H11Cl.C7H9.Ru/c9-8-6-4-2-1-3-5-7-8;1-2-7-5-3-4-6-7;/h1-2,7H,3-6H2;3,5H,2,4H2,1H3;/q;-1;+1/b2-1-,8-7+;;. The summed E-state index contributed by atoms with van der Waals surface area (Å²) in [6, 6.07) is 0. The first-order valence-corrected chi connectivity index (χ1v) is 6.46. The van der Waals surface area contributed by atoms with Crippen molar-refractivity contribution in [3.8, 4) is 0 Å². The molecule has 0 amide bonds. The van der Waals surface area contributed by atoms with Crippen molar-refractivity contribution in [1.29, 1.82) is 0 Å². The minimum Gasteiger partial charge on any atom is -0.270 e. The van der Waals surface area contributed by atoms with Crippen LogP contribution in [0.4, 0.5) is 0 Å². The van der Waals surface area contributed by atoms with Gasteiger partial charge in [-0.1, -0.05) is 43.2 Å². The van der Waals surface area contributed by atoms with Gasteiger partial charge in [0, 0.05) is 5.03 Å². The number of hydrogen-bond donors (Lipinski definition) is 0. The van der Waals surface area contributed by atoms with E-state index in [4.69, 9.17) is 11.6 Å². The molecule has 0 aromatic rings. The van der Waals surface area contributed by atoms with Gasteiger partial charge in [-0.15, -0.1) is 6.42 Å². The van der Waals surface area contributed by atoms with Crippen LogP contribution in [0.1, 0.15) is 45.4 Å². The average molecular weight is 337 g/mol. The summed E-state index contributed by atoms with van der Waals surface area (Å²) >= 11 is 5.82. The molecule has 0 aliphatic heterocycles. The molecule has 0 unspecified atom stereocenters. The molecule has 2 aliphatic carbocycles. The molecule has 0 atom stereocenters. The first-order valence-electron chi connectivity index (χ1n) is 6.08. The largest absolute Gasteiger partial charge is 1.00 e. The second kappa shape index (κ2) is 11.0. The van der Waals surface area contributed by atoms with Crippen LogP contribution in [0.3, 0.4) is 0 Å². The van der Waals surface area contributed by atoms with Gasteiger partial charge in [0.1, 0.15) is 0 Å². The van der Waals surface area contributed by atoms with E-state index in [1.807, 2.05) is 0 Å². The van der Waals surface area contributed by atoms with E-state index in [0.717, 1.165) is 43.6 Å². The normalized spacial score (nSPS) is 22.9. The molecule has 0 spiro atoms. The van der Waals surface area contributed by atoms with Gasteiger partial charge in [0.15, 0.2) is 0 Å². The molecule has 0 N–H and O–H groups in total. The number of halogens is 1. The molecule has 2 aliphatic rings. The minimum absolute atomic E-state index is 0. The van der Waals surface area contributed by atoms with E-state index in [-0.39, 0.29) is 19.5 Å². The molecular formula is C15H20ClRu. The zero-order chi connectivity index (χ0) is 11.6. The molecule has 0 saturated carbocycles. The van der Waals surface area contributed by atoms with Crippen molar-refractivity contribution in [2.45, 2.75) is 45.4 Å². The maximum Gasteiger partial charge on any atom is 1.00 e. The maximum atomic E-state index is 5.82. The Bertz CT molecular complexity index is 311. The summed E-state index contributed by atoms with van der Waals surface area (Å²) in [5.74, 6) is 0. The average Bonchev–Trinajstić information content (AvgIpc) is 2.77. The second-order valence-corrected chi connectivity index (χ2v) is 4.39. The SMILES string of the molecule is CCC1=[C-]CC=C1.Cl/C1=C/CC/C=C\CC1.[Ru+]. The molecule has 1 radical (unpaired) electrons. The fraction of sp³-hybridized carbons (Fsp3) is 0.467. The molecule has 0 aromatic carbocycles. The van der Waals surface area contributed by atoms with Crippen molar-refractivity contribution in [2.24, 2.45) is 0 Å². The van der Waals surface area contributed by atoms with Gasteiger partial charge < -0.3 is 0 Å². The quantitative estimate of drug-likeness (QED) is 0.345. The molecule has 2 heteroatoms. The first kappa shape index (κ1) is 16.9. The van der Waals surface area contributed by atoms with Gasteiger partial charge in [0.25, 0.3) is 0 Å². The van der Waals surface area contributed by atoms with E-state index < -0.39 is 0 Å². The summed E-state index contributed by atoms with van der Waals surface area (Å²) < 4.78 is 0. The van der Waals surface area contributed by atoms with Crippen molar-refractivity contribution in [3.05, 3.63) is 47.1 Å². The van der Waals surface area contributed by atoms with E-state index in [1.165, 1.54) is 5.57 Å². The topological polar surface area (TPSA) is 0 Å². The third-order valence-electron chi connectivity index (χ3n) is 2.56. The van der Waals surface area contributed by atoms with Crippen molar-refractivity contribution in [3.63, 3.8) is 0 Å². The van der Waals surface area contributed by atoms with Crippen LogP contribution in [0, 0.1) is 6.08 Å². The fourth-order valence-corrected chi connectivity index (χ4v) is 1.81. The molecule has 17 heavy (non-hydrogen) atoms. The van der Waals surface area contributed by atoms with Crippen molar-refractivity contribution in [2.75, 3.05) is 0 Å². The third-order valence-corrected chi connectivity index (χ3v) is 2.91. The van der Waals surface area contributed by atoms with Crippen LogP contribution >= 0.6 is 11.6 Å². The van der Waals surface area contributed by atoms with E-state index >= 15 is 0 Å². The van der Waals surface area contributed by atoms with Crippen molar-refractivity contribution >= 4 is 11.6 Å². The van der Waals surface area contributed by atoms with E-state index in [9.17, 15) is 0 Å². The Labute approximate surface area is 123 Å². The second-order valence-electron chi connectivity index (χ2n) is 3.90. The van der Waals surface area contributed by atoms with Gasteiger partial charge in [-0.2, -0.15) is 6.08 Å². The Kier molecular flexibility index (Phi) is 10.9. The Morgan fingerprint density at radius 2 is 1.94 bits per heavy atom. The fourth-order valence-electron chi connectivity index (χ4n) is 1.59. The molecule has 0 aromatic heterocycles. The summed E-state index contributed by atoms with van der Waals surface area (Å²) in [6.45, 7) is 2.15. The van der Waals surface area contributed by atoms with E-state index in [2.05, 4.69) is 43.4 Å². The van der Waals surface area contributed by atoms with Gasteiger partial charge in [-0.05, 0) is 25.7 Å². The van der Waals surface area contributed by atoms with Gasteiger partial charge in [-0.25, -0.2) is 11.6 Å². The molecule has 95 valence electrons. The minimum atomic E-state index is 0. The summed E-state index contributed by atoms with van der Waals surface area (Å²) in [7, 11) is 0. The van der Waals surface area contributed by atoms with Crippen molar-refractivity contribution < 1.29 is 19.5 Å². The maximum absolute atomic E-state index is 5.82. The van der Waals surface area contributed by atoms with Crippen LogP contribution in [0.15, 0.2) is 41.0 Å². The third kappa shape index (κ3) is 8.58. The monoisotopic (exact) mass is 337 g/mol. The van der Waals surface area contributed by atoms with Gasteiger partial charge >= 0.3 is 19.5 Å². The van der Waals surface area contributed by atoms with Gasteiger partial charge in [0.05, 0.1) is 0 Å². The molecule has 0 saturated heterocycles. The van der Waals surface area contributed by atoms with Crippen molar-refractivity contribution in [1.82, 2.24) is 0 Å². The van der Waals surface area contributed by atoms with E-state index in [0.29, 0.717) is 0 Å². The van der Waals surface area contributed by atoms with Crippen LogP contribution in [0.2, 0.25) is 0 Å². The molecule has 0 fully saturated rings. The first-order chi connectivity index (χ1) is 7.83. The number of rotatable bonds is 1. The molecule has 2 rings (SSSR count). The molecule has 0 nitrogen and oxygen atoms in total. The molecule has 0 bridgehead atoms. The molecule has 0 heterocycles. The zero-order valence-electron chi connectivity index (χ0n) is 10.4. The Morgan fingerprint density at radius 3 is 2.53 bits per heavy atom. The summed E-state index contributed by atoms with van der Waals surface area (Å²) in [4.78, 5) is 0. The smallest absolute Gasteiger partial charge is 0.270 e. The van der Waals surface area contributed by atoms with E-state index in [1.54, 1.807) is 0 Å². The Balaban J connectivity index is 0.000000292. The van der Waals surface area contributed by atoms with Gasteiger partial charge in [0.2, 0.25) is 0 Å². The zero-order valence-corrected chi connectivity index (χ0v) is 12.9. The summed E-state index contributed by atoms with van der Waals surface area (Å²) in [6.07, 6.45) is 20.6. The van der Waals surface area contributed by atoms with Crippen LogP contribution < -0.4 is 0 Å². The number of allylic oxidation sites excluding steroid dienone is 8. The van der Waals surface area contributed by atoms with Crippen LogP contribution in [-0.4, -0.2) is 0 Å². The summed E-state index contributed by atoms with van der Waals surface area (Å²) in [5, 5.41) is 1.03. The number of hydrogen-bond acceptors (Lipinski definition) is 0. The Hall–Kier alpha value is -0.127. The predicted octanol–water partition coefficient (Wildman–Crippen LogP) is 5.32. The Morgan fingerprint density at radius 1 is 1.18 bits per heavy atom. The summed E-state index contributed by atoms with van der Waals surface area (Å²) in [5.41, 5.74) is 1.36. The van der Waals surface area contributed by atoms with Crippen LogP contribution in [0.25, 0.3) is 0 Å².